The molecule has 2 aromatic rings. The normalized spacial score (nSPS) is 11.5. The minimum absolute atomic E-state index is 0.0525. The maximum Gasteiger partial charge on any atom is 0.161 e. The molecule has 0 heterocycles. The lowest BCUT2D eigenvalue weighted by atomic mass is 10.1. The van der Waals surface area contributed by atoms with Crippen LogP contribution >= 0.6 is 0 Å². The van der Waals surface area contributed by atoms with Gasteiger partial charge in [-0.2, -0.15) is 5.26 Å². The van der Waals surface area contributed by atoms with E-state index in [1.54, 1.807) is 42.5 Å². The molecule has 2 rings (SSSR count). The fourth-order valence-corrected chi connectivity index (χ4v) is 2.41. The van der Waals surface area contributed by atoms with Crippen molar-refractivity contribution >= 4 is 11.7 Å². The number of nitrogens with zero attached hydrogens (tertiary/aromatic N) is 1. The van der Waals surface area contributed by atoms with Crippen LogP contribution in [0.1, 0.15) is 31.0 Å². The molecule has 0 aromatic heterocycles. The van der Waals surface area contributed by atoms with Crippen molar-refractivity contribution in [3.63, 3.8) is 0 Å². The first kappa shape index (κ1) is 20.1. The van der Waals surface area contributed by atoms with Crippen molar-refractivity contribution in [3.8, 4) is 17.6 Å². The minimum atomic E-state index is -1.31. The third kappa shape index (κ3) is 5.62. The lowest BCUT2D eigenvalue weighted by molar-refractivity contribution is -0.307. The van der Waals surface area contributed by atoms with E-state index in [1.165, 1.54) is 0 Å². The number of nitriles is 1. The van der Waals surface area contributed by atoms with Crippen LogP contribution < -0.4 is 19.9 Å². The zero-order chi connectivity index (χ0) is 19.8. The number of nitrogens with one attached hydrogen (secondary N) is 1. The number of carbonyl (C=O) groups is 1. The summed E-state index contributed by atoms with van der Waals surface area (Å²) in [5.74, 6) is -0.522. The summed E-state index contributed by atoms with van der Waals surface area (Å²) in [6.45, 7) is 3.59. The van der Waals surface area contributed by atoms with Crippen molar-refractivity contribution in [1.82, 2.24) is 0 Å². The lowest BCUT2D eigenvalue weighted by Gasteiger charge is -2.23. The molecule has 27 heavy (non-hydrogen) atoms. The van der Waals surface area contributed by atoms with E-state index in [4.69, 9.17) is 19.8 Å². The summed E-state index contributed by atoms with van der Waals surface area (Å²) < 4.78 is 11.1. The number of hydrogen-bond donors (Lipinski definition) is 2. The lowest BCUT2D eigenvalue weighted by Crippen LogP contribution is -2.34. The Kier molecular flexibility index (Phi) is 7.03. The van der Waals surface area contributed by atoms with Gasteiger partial charge in [0.15, 0.2) is 11.5 Å². The molecule has 0 saturated carbocycles. The topological polar surface area (TPSA) is 115 Å². The van der Waals surface area contributed by atoms with Crippen LogP contribution in [0.15, 0.2) is 42.5 Å². The van der Waals surface area contributed by atoms with Gasteiger partial charge in [0.25, 0.3) is 0 Å². The van der Waals surface area contributed by atoms with Gasteiger partial charge in [0.1, 0.15) is 6.61 Å². The summed E-state index contributed by atoms with van der Waals surface area (Å²) in [4.78, 5) is 11.7. The number of benzene rings is 2. The van der Waals surface area contributed by atoms with Crippen LogP contribution in [0.5, 0.6) is 11.5 Å². The number of aliphatic hydroxyl groups excluding tert-OH is 1. The molecule has 2 N–H and O–H groups in total. The molecule has 0 radical (unpaired) electrons. The minimum Gasteiger partial charge on any atom is -0.548 e. The highest BCUT2D eigenvalue weighted by Crippen LogP contribution is 2.32. The maximum atomic E-state index is 11.7. The summed E-state index contributed by atoms with van der Waals surface area (Å²) in [5, 5.41) is 32.4. The second-order valence-electron chi connectivity index (χ2n) is 6.03. The number of ether oxygens (including phenoxy) is 2. The quantitative estimate of drug-likeness (QED) is 0.690. The van der Waals surface area contributed by atoms with E-state index in [1.807, 2.05) is 19.9 Å². The van der Waals surface area contributed by atoms with Gasteiger partial charge in [0, 0.05) is 5.69 Å². The molecule has 2 aromatic carbocycles. The highest BCUT2D eigenvalue weighted by atomic mass is 16.5. The van der Waals surface area contributed by atoms with Gasteiger partial charge in [-0.05, 0) is 55.8 Å². The number of hydrogen-bond acceptors (Lipinski definition) is 7. The van der Waals surface area contributed by atoms with Crippen LogP contribution in [0.3, 0.4) is 0 Å². The molecule has 0 aliphatic rings. The Balaban J connectivity index is 2.31. The molecule has 1 atom stereocenters. The molecule has 0 saturated heterocycles. The Labute approximate surface area is 157 Å². The average molecular weight is 369 g/mol. The van der Waals surface area contributed by atoms with Gasteiger partial charge in [0.2, 0.25) is 0 Å². The SMILES string of the molecule is CC(C)Oc1ccc(C(Nc2ccc(C#N)cc2)C(=O)[O-])cc1OCCO. The van der Waals surface area contributed by atoms with E-state index in [2.05, 4.69) is 5.32 Å². The third-order valence-electron chi connectivity index (χ3n) is 3.57. The van der Waals surface area contributed by atoms with Gasteiger partial charge in [-0.15, -0.1) is 0 Å². The van der Waals surface area contributed by atoms with Crippen LogP contribution in [0.4, 0.5) is 5.69 Å². The third-order valence-corrected chi connectivity index (χ3v) is 3.57. The summed E-state index contributed by atoms with van der Waals surface area (Å²) in [5.41, 5.74) is 1.41. The second-order valence-corrected chi connectivity index (χ2v) is 6.03. The summed E-state index contributed by atoms with van der Waals surface area (Å²) >= 11 is 0. The molecule has 0 aliphatic carbocycles. The van der Waals surface area contributed by atoms with Gasteiger partial charge < -0.3 is 29.8 Å². The van der Waals surface area contributed by atoms with Crippen molar-refractivity contribution < 1.29 is 24.5 Å². The van der Waals surface area contributed by atoms with Crippen molar-refractivity contribution in [3.05, 3.63) is 53.6 Å². The Morgan fingerprint density at radius 2 is 1.93 bits per heavy atom. The monoisotopic (exact) mass is 369 g/mol. The Morgan fingerprint density at radius 3 is 2.48 bits per heavy atom. The van der Waals surface area contributed by atoms with Crippen LogP contribution in [0, 0.1) is 11.3 Å². The van der Waals surface area contributed by atoms with E-state index >= 15 is 0 Å². The first-order valence-electron chi connectivity index (χ1n) is 8.46. The molecule has 142 valence electrons. The summed E-state index contributed by atoms with van der Waals surface area (Å²) in [6, 6.07) is 12.1. The average Bonchev–Trinajstić information content (AvgIpc) is 2.65. The Morgan fingerprint density at radius 1 is 1.22 bits per heavy atom. The second kappa shape index (κ2) is 9.46. The van der Waals surface area contributed by atoms with Crippen LogP contribution in [0.2, 0.25) is 0 Å². The zero-order valence-electron chi connectivity index (χ0n) is 15.1. The molecule has 1 unspecified atom stereocenters. The number of carboxylic acid groups (broad SMARTS) is 1. The number of aliphatic hydroxyl groups is 1. The van der Waals surface area contributed by atoms with E-state index < -0.39 is 12.0 Å². The molecule has 0 fully saturated rings. The van der Waals surface area contributed by atoms with Crippen LogP contribution in [0.25, 0.3) is 0 Å². The smallest absolute Gasteiger partial charge is 0.161 e. The highest BCUT2D eigenvalue weighted by molar-refractivity contribution is 5.78. The molecule has 7 heteroatoms. The molecule has 0 bridgehead atoms. The predicted molar refractivity (Wildman–Crippen MR) is 97.3 cm³/mol. The van der Waals surface area contributed by atoms with Crippen LogP contribution in [-0.4, -0.2) is 30.4 Å². The van der Waals surface area contributed by atoms with E-state index in [9.17, 15) is 9.90 Å². The standard InChI is InChI=1S/C20H22N2O5/c1-13(2)27-17-8-5-15(11-18(17)26-10-9-23)19(20(24)25)22-16-6-3-14(12-21)4-7-16/h3-8,11,13,19,22-23H,9-10H2,1-2H3,(H,24,25)/p-1. The number of aliphatic carboxylic acids is 1. The van der Waals surface area contributed by atoms with Gasteiger partial charge >= 0.3 is 0 Å². The van der Waals surface area contributed by atoms with Crippen molar-refractivity contribution in [2.75, 3.05) is 18.5 Å². The van der Waals surface area contributed by atoms with Gasteiger partial charge in [-0.25, -0.2) is 0 Å². The maximum absolute atomic E-state index is 11.7. The number of rotatable bonds is 9. The molecule has 7 nitrogen and oxygen atoms in total. The van der Waals surface area contributed by atoms with Crippen molar-refractivity contribution in [2.24, 2.45) is 0 Å². The zero-order valence-corrected chi connectivity index (χ0v) is 15.1. The molecule has 0 aliphatic heterocycles. The fraction of sp³-hybridized carbons (Fsp3) is 0.300. The van der Waals surface area contributed by atoms with Gasteiger partial charge in [-0.3, -0.25) is 0 Å². The highest BCUT2D eigenvalue weighted by Gasteiger charge is 2.17. The van der Waals surface area contributed by atoms with Crippen LogP contribution in [-0.2, 0) is 4.79 Å². The number of carbonyl (C=O) groups excluding carboxylic acids is 1. The largest absolute Gasteiger partial charge is 0.548 e. The Bertz CT molecular complexity index is 812. The van der Waals surface area contributed by atoms with Crippen molar-refractivity contribution in [1.29, 1.82) is 5.26 Å². The first-order valence-corrected chi connectivity index (χ1v) is 8.46. The summed E-state index contributed by atoms with van der Waals surface area (Å²) in [6.07, 6.45) is -0.0963. The first-order chi connectivity index (χ1) is 12.9. The predicted octanol–water partition coefficient (Wildman–Crippen LogP) is 1.62. The van der Waals surface area contributed by atoms with E-state index in [0.29, 0.717) is 28.3 Å². The van der Waals surface area contributed by atoms with E-state index in [-0.39, 0.29) is 19.3 Å². The summed E-state index contributed by atoms with van der Waals surface area (Å²) in [7, 11) is 0. The molecular formula is C20H21N2O5-. The van der Waals surface area contributed by atoms with Gasteiger partial charge in [0.05, 0.1) is 36.4 Å². The van der Waals surface area contributed by atoms with Gasteiger partial charge in [-0.1, -0.05) is 6.07 Å². The number of carboxylic acids is 1. The number of anilines is 1. The fourth-order valence-electron chi connectivity index (χ4n) is 2.41. The molecular weight excluding hydrogens is 348 g/mol. The molecule has 0 amide bonds. The Hall–Kier alpha value is -3.24. The van der Waals surface area contributed by atoms with E-state index in [0.717, 1.165) is 0 Å². The van der Waals surface area contributed by atoms with Crippen molar-refractivity contribution in [2.45, 2.75) is 26.0 Å². The molecule has 0 spiro atoms.